The van der Waals surface area contributed by atoms with Gasteiger partial charge in [0.1, 0.15) is 0 Å². The number of hydrogen-bond acceptors (Lipinski definition) is 3. The third-order valence-electron chi connectivity index (χ3n) is 6.78. The highest BCUT2D eigenvalue weighted by Crippen LogP contribution is 2.32. The first kappa shape index (κ1) is 19.9. The second-order valence-corrected chi connectivity index (χ2v) is 9.58. The Morgan fingerprint density at radius 2 is 1.65 bits per heavy atom. The van der Waals surface area contributed by atoms with E-state index in [1.807, 2.05) is 0 Å². The average Bonchev–Trinajstić information content (AvgIpc) is 3.01. The second kappa shape index (κ2) is 8.47. The van der Waals surface area contributed by atoms with Gasteiger partial charge in [0.05, 0.1) is 6.54 Å². The minimum atomic E-state index is 0.281. The lowest BCUT2D eigenvalue weighted by atomic mass is 9.84. The second-order valence-electron chi connectivity index (χ2n) is 9.58. The maximum Gasteiger partial charge on any atom is 0.193 e. The molecule has 0 saturated carbocycles. The van der Waals surface area contributed by atoms with Crippen LogP contribution in [-0.4, -0.2) is 85.6 Å². The molecule has 0 atom stereocenters. The zero-order chi connectivity index (χ0) is 18.6. The lowest BCUT2D eigenvalue weighted by Crippen LogP contribution is -2.58. The van der Waals surface area contributed by atoms with Crippen molar-refractivity contribution in [3.8, 4) is 0 Å². The molecule has 0 aromatic carbocycles. The summed E-state index contributed by atoms with van der Waals surface area (Å²) >= 11 is 0. The quantitative estimate of drug-likeness (QED) is 0.615. The molecule has 3 fully saturated rings. The van der Waals surface area contributed by atoms with Crippen LogP contribution in [0.25, 0.3) is 0 Å². The molecular weight excluding hydrogens is 322 g/mol. The Hall–Kier alpha value is -0.810. The summed E-state index contributed by atoms with van der Waals surface area (Å²) in [5, 5.41) is 3.58. The Morgan fingerprint density at radius 1 is 0.962 bits per heavy atom. The minimum Gasteiger partial charge on any atom is -0.357 e. The Labute approximate surface area is 161 Å². The molecule has 3 rings (SSSR count). The number of likely N-dealkylation sites (tertiary alicyclic amines) is 3. The molecule has 0 aromatic heterocycles. The lowest BCUT2D eigenvalue weighted by molar-refractivity contribution is 0.0206. The van der Waals surface area contributed by atoms with Crippen molar-refractivity contribution in [3.05, 3.63) is 0 Å². The van der Waals surface area contributed by atoms with Gasteiger partial charge in [-0.25, -0.2) is 0 Å². The first-order chi connectivity index (χ1) is 12.4. The van der Waals surface area contributed by atoms with Gasteiger partial charge in [0.15, 0.2) is 5.96 Å². The Bertz CT molecular complexity index is 473. The predicted molar refractivity (Wildman–Crippen MR) is 111 cm³/mol. The summed E-state index contributed by atoms with van der Waals surface area (Å²) in [6, 6.07) is 0. The molecule has 26 heavy (non-hydrogen) atoms. The molecule has 5 heteroatoms. The van der Waals surface area contributed by atoms with Crippen LogP contribution < -0.4 is 5.32 Å². The molecule has 0 amide bonds. The molecule has 0 radical (unpaired) electrons. The lowest BCUT2D eigenvalue weighted by Gasteiger charge is -2.49. The van der Waals surface area contributed by atoms with Crippen LogP contribution in [0.4, 0.5) is 0 Å². The van der Waals surface area contributed by atoms with Crippen LogP contribution in [0.1, 0.15) is 59.3 Å². The zero-order valence-corrected chi connectivity index (χ0v) is 17.7. The van der Waals surface area contributed by atoms with E-state index in [0.29, 0.717) is 5.41 Å². The van der Waals surface area contributed by atoms with Crippen molar-refractivity contribution in [1.82, 2.24) is 20.0 Å². The van der Waals surface area contributed by atoms with E-state index in [2.05, 4.69) is 47.8 Å². The normalized spacial score (nSPS) is 27.7. The number of nitrogens with zero attached hydrogens (tertiary/aromatic N) is 4. The van der Waals surface area contributed by atoms with Crippen molar-refractivity contribution in [2.45, 2.75) is 64.8 Å². The maximum absolute atomic E-state index is 5.23. The van der Waals surface area contributed by atoms with E-state index in [1.165, 1.54) is 64.7 Å². The van der Waals surface area contributed by atoms with Crippen LogP contribution >= 0.6 is 0 Å². The van der Waals surface area contributed by atoms with Crippen LogP contribution in [0.2, 0.25) is 0 Å². The number of aliphatic imine (C=N–C) groups is 1. The smallest absolute Gasteiger partial charge is 0.193 e. The van der Waals surface area contributed by atoms with Crippen LogP contribution in [0.5, 0.6) is 0 Å². The van der Waals surface area contributed by atoms with Gasteiger partial charge in [0, 0.05) is 25.2 Å². The maximum atomic E-state index is 5.23. The number of guanidine groups is 1. The SMILES string of the molecule is CCNC(=NCC1(N2CCCCC2)CCN(C)CC1)N1CCC(C)(C)C1. The fourth-order valence-electron chi connectivity index (χ4n) is 4.92. The van der Waals surface area contributed by atoms with Gasteiger partial charge in [-0.05, 0) is 77.7 Å². The summed E-state index contributed by atoms with van der Waals surface area (Å²) in [7, 11) is 2.26. The number of piperidine rings is 2. The molecule has 3 aliphatic heterocycles. The van der Waals surface area contributed by atoms with E-state index < -0.39 is 0 Å². The van der Waals surface area contributed by atoms with E-state index >= 15 is 0 Å². The van der Waals surface area contributed by atoms with Crippen LogP contribution in [0.15, 0.2) is 4.99 Å². The average molecular weight is 364 g/mol. The van der Waals surface area contributed by atoms with E-state index in [1.54, 1.807) is 0 Å². The fourth-order valence-corrected chi connectivity index (χ4v) is 4.92. The van der Waals surface area contributed by atoms with E-state index in [4.69, 9.17) is 4.99 Å². The van der Waals surface area contributed by atoms with E-state index in [9.17, 15) is 0 Å². The van der Waals surface area contributed by atoms with Crippen LogP contribution in [-0.2, 0) is 0 Å². The Balaban J connectivity index is 1.74. The summed E-state index contributed by atoms with van der Waals surface area (Å²) < 4.78 is 0. The van der Waals surface area contributed by atoms with Gasteiger partial charge >= 0.3 is 0 Å². The predicted octanol–water partition coefficient (Wildman–Crippen LogP) is 2.63. The third-order valence-corrected chi connectivity index (χ3v) is 6.78. The third kappa shape index (κ3) is 4.72. The molecule has 3 aliphatic rings. The standard InChI is InChI=1S/C21H41N5/c1-5-22-19(25-16-9-20(2,3)18-25)23-17-21(10-14-24(4)15-11-21)26-12-7-6-8-13-26/h5-18H2,1-4H3,(H,22,23). The highest BCUT2D eigenvalue weighted by molar-refractivity contribution is 5.80. The van der Waals surface area contributed by atoms with Gasteiger partial charge in [-0.15, -0.1) is 0 Å². The minimum absolute atomic E-state index is 0.281. The van der Waals surface area contributed by atoms with E-state index in [0.717, 1.165) is 32.1 Å². The number of hydrogen-bond donors (Lipinski definition) is 1. The molecular formula is C21H41N5. The highest BCUT2D eigenvalue weighted by atomic mass is 15.3. The van der Waals surface area contributed by atoms with Crippen molar-refractivity contribution >= 4 is 5.96 Å². The Kier molecular flexibility index (Phi) is 6.50. The molecule has 3 saturated heterocycles. The summed E-state index contributed by atoms with van der Waals surface area (Å²) in [6.45, 7) is 16.1. The topological polar surface area (TPSA) is 34.1 Å². The van der Waals surface area contributed by atoms with Crippen molar-refractivity contribution in [1.29, 1.82) is 0 Å². The molecule has 3 heterocycles. The summed E-state index contributed by atoms with van der Waals surface area (Å²) in [6.07, 6.45) is 7.92. The Morgan fingerprint density at radius 3 is 2.23 bits per heavy atom. The largest absolute Gasteiger partial charge is 0.357 e. The molecule has 0 aliphatic carbocycles. The monoisotopic (exact) mass is 363 g/mol. The summed E-state index contributed by atoms with van der Waals surface area (Å²) in [5.74, 6) is 1.15. The van der Waals surface area contributed by atoms with Gasteiger partial charge in [0.2, 0.25) is 0 Å². The summed E-state index contributed by atoms with van der Waals surface area (Å²) in [5.41, 5.74) is 0.692. The van der Waals surface area contributed by atoms with E-state index in [-0.39, 0.29) is 5.54 Å². The molecule has 150 valence electrons. The molecule has 0 bridgehead atoms. The molecule has 0 spiro atoms. The van der Waals surface area contributed by atoms with Crippen LogP contribution in [0.3, 0.4) is 0 Å². The van der Waals surface area contributed by atoms with Gasteiger partial charge in [-0.3, -0.25) is 9.89 Å². The van der Waals surface area contributed by atoms with Crippen LogP contribution in [0, 0.1) is 5.41 Å². The molecule has 0 unspecified atom stereocenters. The number of rotatable bonds is 4. The highest BCUT2D eigenvalue weighted by Gasteiger charge is 2.40. The molecule has 1 N–H and O–H groups in total. The first-order valence-corrected chi connectivity index (χ1v) is 10.9. The first-order valence-electron chi connectivity index (χ1n) is 10.9. The van der Waals surface area contributed by atoms with Gasteiger partial charge < -0.3 is 15.1 Å². The van der Waals surface area contributed by atoms with Crippen molar-refractivity contribution in [3.63, 3.8) is 0 Å². The van der Waals surface area contributed by atoms with Crippen molar-refractivity contribution in [2.75, 3.05) is 59.4 Å². The number of nitrogens with one attached hydrogen (secondary N) is 1. The van der Waals surface area contributed by atoms with Gasteiger partial charge in [0.25, 0.3) is 0 Å². The van der Waals surface area contributed by atoms with Crippen molar-refractivity contribution in [2.24, 2.45) is 10.4 Å². The molecule has 5 nitrogen and oxygen atoms in total. The van der Waals surface area contributed by atoms with Gasteiger partial charge in [-0.2, -0.15) is 0 Å². The fraction of sp³-hybridized carbons (Fsp3) is 0.952. The molecule has 0 aromatic rings. The van der Waals surface area contributed by atoms with Gasteiger partial charge in [-0.1, -0.05) is 20.3 Å². The zero-order valence-electron chi connectivity index (χ0n) is 17.7. The van der Waals surface area contributed by atoms with Crippen molar-refractivity contribution < 1.29 is 0 Å². The summed E-state index contributed by atoms with van der Waals surface area (Å²) in [4.78, 5) is 13.0.